The lowest BCUT2D eigenvalue weighted by Gasteiger charge is -2.20. The second-order valence-corrected chi connectivity index (χ2v) is 5.98. The Bertz CT molecular complexity index is 433. The summed E-state index contributed by atoms with van der Waals surface area (Å²) < 4.78 is 19.0. The van der Waals surface area contributed by atoms with Crippen LogP contribution in [0.5, 0.6) is 0 Å². The monoisotopic (exact) mass is 317 g/mol. The lowest BCUT2D eigenvalue weighted by molar-refractivity contribution is -0.149. The van der Waals surface area contributed by atoms with E-state index in [2.05, 4.69) is 15.9 Å². The van der Waals surface area contributed by atoms with Gasteiger partial charge < -0.3 is 10.5 Å². The molecule has 0 heterocycles. The van der Waals surface area contributed by atoms with E-state index in [4.69, 9.17) is 10.5 Å². The summed E-state index contributed by atoms with van der Waals surface area (Å²) in [6.45, 7) is 5.28. The molecule has 0 radical (unpaired) electrons. The average molecular weight is 318 g/mol. The van der Waals surface area contributed by atoms with Crippen LogP contribution in [0.15, 0.2) is 34.0 Å². The van der Waals surface area contributed by atoms with Gasteiger partial charge in [0.1, 0.15) is 17.5 Å². The maximum atomic E-state index is 13.4. The van der Waals surface area contributed by atoms with Crippen molar-refractivity contribution in [3.8, 4) is 0 Å². The highest BCUT2D eigenvalue weighted by atomic mass is 79.9. The summed E-state index contributed by atoms with van der Waals surface area (Å²) in [7, 11) is 0. The van der Waals surface area contributed by atoms with Crippen LogP contribution in [0.25, 0.3) is 0 Å². The number of allylic oxidation sites excluding steroid dienone is 5. The third-order valence-corrected chi connectivity index (χ3v) is 2.91. The number of alkyl halides is 1. The molecule has 1 atom stereocenters. The molecule has 0 spiro atoms. The van der Waals surface area contributed by atoms with E-state index in [9.17, 15) is 9.18 Å². The van der Waals surface area contributed by atoms with Crippen molar-refractivity contribution < 1.29 is 13.9 Å². The summed E-state index contributed by atoms with van der Waals surface area (Å²) in [5.41, 5.74) is 5.67. The third-order valence-electron chi connectivity index (χ3n) is 2.15. The Morgan fingerprint density at radius 2 is 2.17 bits per heavy atom. The molecule has 1 aliphatic carbocycles. The Morgan fingerprint density at radius 1 is 1.56 bits per heavy atom. The van der Waals surface area contributed by atoms with Crippen LogP contribution in [0.3, 0.4) is 0 Å². The van der Waals surface area contributed by atoms with Gasteiger partial charge in [-0.1, -0.05) is 22.0 Å². The smallest absolute Gasteiger partial charge is 0.354 e. The van der Waals surface area contributed by atoms with Crippen LogP contribution >= 0.6 is 15.9 Å². The minimum Gasteiger partial charge on any atom is -0.455 e. The van der Waals surface area contributed by atoms with Gasteiger partial charge in [0.05, 0.1) is 0 Å². The fourth-order valence-corrected chi connectivity index (χ4v) is 1.66. The molecule has 1 rings (SSSR count). The molecule has 0 bridgehead atoms. The average Bonchev–Trinajstić information content (AvgIpc) is 2.21. The van der Waals surface area contributed by atoms with E-state index in [1.165, 1.54) is 6.08 Å². The molecular formula is C13H17BrFNO2. The molecule has 0 aromatic heterocycles. The van der Waals surface area contributed by atoms with Crippen molar-refractivity contribution in [1.82, 2.24) is 0 Å². The fraction of sp³-hybridized carbons (Fsp3) is 0.462. The highest BCUT2D eigenvalue weighted by Crippen LogP contribution is 2.27. The van der Waals surface area contributed by atoms with Gasteiger partial charge >= 0.3 is 5.97 Å². The molecule has 0 saturated carbocycles. The molecule has 0 saturated heterocycles. The molecule has 0 aliphatic heterocycles. The lowest BCUT2D eigenvalue weighted by atomic mass is 10.0. The summed E-state index contributed by atoms with van der Waals surface area (Å²) in [6, 6.07) is 0. The molecule has 0 aromatic carbocycles. The zero-order chi connectivity index (χ0) is 13.9. The van der Waals surface area contributed by atoms with Gasteiger partial charge in [0, 0.05) is 10.9 Å². The van der Waals surface area contributed by atoms with E-state index in [0.29, 0.717) is 10.1 Å². The maximum absolute atomic E-state index is 13.4. The van der Waals surface area contributed by atoms with Gasteiger partial charge in [0.15, 0.2) is 0 Å². The van der Waals surface area contributed by atoms with Gasteiger partial charge in [-0.15, -0.1) is 0 Å². The van der Waals surface area contributed by atoms with Gasteiger partial charge in [-0.25, -0.2) is 9.18 Å². The molecule has 18 heavy (non-hydrogen) atoms. The predicted molar refractivity (Wildman–Crippen MR) is 72.7 cm³/mol. The van der Waals surface area contributed by atoms with Gasteiger partial charge in [0.25, 0.3) is 0 Å². The van der Waals surface area contributed by atoms with E-state index >= 15 is 0 Å². The number of nitrogens with two attached hydrogens (primary N) is 1. The Labute approximate surface area is 115 Å². The Kier molecular flexibility index (Phi) is 4.73. The van der Waals surface area contributed by atoms with Crippen molar-refractivity contribution in [3.05, 3.63) is 34.0 Å². The van der Waals surface area contributed by atoms with Crippen LogP contribution in [-0.2, 0) is 9.53 Å². The second kappa shape index (κ2) is 5.69. The molecule has 1 aliphatic rings. The number of carbonyl (C=O) groups excluding carboxylic acids is 1. The largest absolute Gasteiger partial charge is 0.455 e. The van der Waals surface area contributed by atoms with E-state index in [-0.39, 0.29) is 12.1 Å². The minimum atomic E-state index is -1.09. The lowest BCUT2D eigenvalue weighted by Crippen LogP contribution is -2.27. The number of carbonyl (C=O) groups is 1. The first-order valence-electron chi connectivity index (χ1n) is 5.60. The van der Waals surface area contributed by atoms with Crippen molar-refractivity contribution in [3.63, 3.8) is 0 Å². The molecule has 0 aromatic rings. The highest BCUT2D eigenvalue weighted by molar-refractivity contribution is 9.11. The van der Waals surface area contributed by atoms with Crippen LogP contribution in [0.1, 0.15) is 27.2 Å². The van der Waals surface area contributed by atoms with Gasteiger partial charge in [0.2, 0.25) is 0 Å². The molecule has 1 unspecified atom stereocenters. The third kappa shape index (κ3) is 4.64. The first-order valence-corrected chi connectivity index (χ1v) is 6.39. The summed E-state index contributed by atoms with van der Waals surface area (Å²) in [5.74, 6) is -0.590. The summed E-state index contributed by atoms with van der Waals surface area (Å²) in [5, 5.41) is 0. The molecule has 0 fully saturated rings. The Hall–Kier alpha value is -1.10. The van der Waals surface area contributed by atoms with E-state index < -0.39 is 17.7 Å². The van der Waals surface area contributed by atoms with Crippen LogP contribution in [0.4, 0.5) is 4.39 Å². The molecule has 100 valence electrons. The molecule has 5 heteroatoms. The first kappa shape index (κ1) is 15.0. The number of hydrogen-bond acceptors (Lipinski definition) is 3. The minimum absolute atomic E-state index is 0.0187. The van der Waals surface area contributed by atoms with Gasteiger partial charge in [-0.2, -0.15) is 0 Å². The standard InChI is InChI=1S/C13H17BrFNO2/c1-13(2,3)18-12(17)11(16)7-8-4-5-9(14)10(15)6-8/h4-5,7,10H,6,16H2,1-3H3/b11-7+. The Morgan fingerprint density at radius 3 is 2.67 bits per heavy atom. The van der Waals surface area contributed by atoms with Crippen LogP contribution in [0.2, 0.25) is 0 Å². The SMILES string of the molecule is CC(C)(C)OC(=O)/C(N)=C\C1=CC=C(Br)C(F)C1. The van der Waals surface area contributed by atoms with Crippen molar-refractivity contribution >= 4 is 21.9 Å². The summed E-state index contributed by atoms with van der Waals surface area (Å²) in [6.07, 6.45) is 3.89. The Balaban J connectivity index is 2.76. The van der Waals surface area contributed by atoms with Gasteiger partial charge in [-0.3, -0.25) is 0 Å². The molecule has 0 amide bonds. The quantitative estimate of drug-likeness (QED) is 0.629. The van der Waals surface area contributed by atoms with Crippen molar-refractivity contribution in [1.29, 1.82) is 0 Å². The number of hydrogen-bond donors (Lipinski definition) is 1. The summed E-state index contributed by atoms with van der Waals surface area (Å²) >= 11 is 3.11. The first-order chi connectivity index (χ1) is 8.19. The van der Waals surface area contributed by atoms with Gasteiger partial charge in [-0.05, 0) is 38.5 Å². The van der Waals surface area contributed by atoms with E-state index in [0.717, 1.165) is 0 Å². The van der Waals surface area contributed by atoms with Crippen LogP contribution < -0.4 is 5.73 Å². The van der Waals surface area contributed by atoms with Crippen LogP contribution in [0, 0.1) is 0 Å². The number of rotatable bonds is 2. The predicted octanol–water partition coefficient (Wildman–Crippen LogP) is 3.12. The van der Waals surface area contributed by atoms with Crippen molar-refractivity contribution in [2.75, 3.05) is 0 Å². The zero-order valence-corrected chi connectivity index (χ0v) is 12.3. The maximum Gasteiger partial charge on any atom is 0.354 e. The zero-order valence-electron chi connectivity index (χ0n) is 10.7. The number of esters is 1. The highest BCUT2D eigenvalue weighted by Gasteiger charge is 2.20. The molecule has 2 N–H and O–H groups in total. The van der Waals surface area contributed by atoms with E-state index in [1.807, 2.05) is 0 Å². The van der Waals surface area contributed by atoms with Crippen molar-refractivity contribution in [2.45, 2.75) is 39.0 Å². The number of halogens is 2. The summed E-state index contributed by atoms with van der Waals surface area (Å²) in [4.78, 5) is 11.6. The fourth-order valence-electron chi connectivity index (χ4n) is 1.37. The second-order valence-electron chi connectivity index (χ2n) is 5.07. The molecule has 3 nitrogen and oxygen atoms in total. The van der Waals surface area contributed by atoms with Crippen LogP contribution in [-0.4, -0.2) is 17.7 Å². The normalized spacial score (nSPS) is 21.2. The number of ether oxygens (including phenoxy) is 1. The van der Waals surface area contributed by atoms with E-state index in [1.54, 1.807) is 32.9 Å². The van der Waals surface area contributed by atoms with Crippen molar-refractivity contribution in [2.24, 2.45) is 5.73 Å². The topological polar surface area (TPSA) is 52.3 Å². The molecular weight excluding hydrogens is 301 g/mol.